The Morgan fingerprint density at radius 2 is 1.25 bits per heavy atom. The van der Waals surface area contributed by atoms with E-state index in [4.69, 9.17) is 47.4 Å². The van der Waals surface area contributed by atoms with Gasteiger partial charge < -0.3 is 109 Å². The highest BCUT2D eigenvalue weighted by Gasteiger charge is 2.70. The lowest BCUT2D eigenvalue weighted by Crippen LogP contribution is -2.66. The third kappa shape index (κ3) is 9.02. The Labute approximate surface area is 435 Å². The van der Waals surface area contributed by atoms with Crippen molar-refractivity contribution < 1.29 is 113 Å². The summed E-state index contributed by atoms with van der Waals surface area (Å²) in [5.41, 5.74) is 1.42. The fourth-order valence-corrected chi connectivity index (χ4v) is 16.2. The summed E-state index contributed by atoms with van der Waals surface area (Å²) in [6, 6.07) is 0. The van der Waals surface area contributed by atoms with Crippen LogP contribution in [0.2, 0.25) is 0 Å². The monoisotopic (exact) mass is 1070 g/mol. The third-order valence-electron chi connectivity index (χ3n) is 20.5. The summed E-state index contributed by atoms with van der Waals surface area (Å²) in [7, 11) is 0. The molecule has 0 amide bonds. The summed E-state index contributed by atoms with van der Waals surface area (Å²) in [4.78, 5) is 12.7. The van der Waals surface area contributed by atoms with Crippen molar-refractivity contribution in [2.24, 2.45) is 45.3 Å². The Hall–Kier alpha value is -1.63. The first-order valence-electron chi connectivity index (χ1n) is 27.1. The lowest BCUT2D eigenvalue weighted by Gasteiger charge is -2.63. The molecule has 0 aromatic carbocycles. The maximum absolute atomic E-state index is 12.7. The van der Waals surface area contributed by atoms with E-state index in [0.717, 1.165) is 32.1 Å². The summed E-state index contributed by atoms with van der Waals surface area (Å²) < 4.78 is 60.6. The number of rotatable bonds is 10. The molecule has 23 heteroatoms. The molecule has 75 heavy (non-hydrogen) atoms. The number of esters is 1. The van der Waals surface area contributed by atoms with Gasteiger partial charge in [0.25, 0.3) is 0 Å². The van der Waals surface area contributed by atoms with E-state index >= 15 is 0 Å². The molecule has 4 aliphatic carbocycles. The van der Waals surface area contributed by atoms with Crippen LogP contribution in [0.4, 0.5) is 0 Å². The van der Waals surface area contributed by atoms with E-state index in [1.54, 1.807) is 0 Å². The number of ether oxygens (including phenoxy) is 10. The van der Waals surface area contributed by atoms with Crippen LogP contribution < -0.4 is 0 Å². The van der Waals surface area contributed by atoms with E-state index in [9.17, 15) is 66.1 Å². The van der Waals surface area contributed by atoms with Gasteiger partial charge in [-0.15, -0.1) is 0 Å². The summed E-state index contributed by atoms with van der Waals surface area (Å²) in [6.07, 6.45) is -27.5. The predicted octanol–water partition coefficient (Wildman–Crippen LogP) is -1.70. The van der Waals surface area contributed by atoms with Crippen LogP contribution in [0.1, 0.15) is 106 Å². The Morgan fingerprint density at radius 3 is 1.91 bits per heavy atom. The average Bonchev–Trinajstić information content (AvgIpc) is 3.78. The zero-order chi connectivity index (χ0) is 54.2. The molecule has 10 rings (SSSR count). The minimum Gasteiger partial charge on any atom is -0.433 e. The Morgan fingerprint density at radius 1 is 0.613 bits per heavy atom. The molecule has 6 saturated heterocycles. The molecule has 23 nitrogen and oxygen atoms in total. The van der Waals surface area contributed by atoms with E-state index in [1.165, 1.54) is 18.1 Å². The second-order valence-corrected chi connectivity index (χ2v) is 24.9. The molecule has 2 saturated carbocycles. The van der Waals surface area contributed by atoms with Crippen molar-refractivity contribution in [1.29, 1.82) is 0 Å². The van der Waals surface area contributed by atoms with Gasteiger partial charge in [0.1, 0.15) is 79.4 Å². The number of fused-ring (bicyclic) bond motifs is 6. The van der Waals surface area contributed by atoms with E-state index < -0.39 is 147 Å². The Balaban J connectivity index is 0.855. The van der Waals surface area contributed by atoms with Crippen LogP contribution in [0.5, 0.6) is 0 Å². The molecule has 0 bridgehead atoms. The first kappa shape index (κ1) is 56.6. The number of hydrogen-bond donors (Lipinski definition) is 12. The normalized spacial score (nSPS) is 57.0. The highest BCUT2D eigenvalue weighted by Crippen LogP contribution is 2.74. The molecule has 6 aliphatic heterocycles. The fraction of sp³-hybridized carbons (Fsp3) is 0.942. The van der Waals surface area contributed by atoms with Crippen LogP contribution in [0.15, 0.2) is 11.1 Å². The van der Waals surface area contributed by atoms with Crippen LogP contribution in [0.3, 0.4) is 0 Å². The zero-order valence-corrected chi connectivity index (χ0v) is 43.8. The molecule has 30 atom stereocenters. The van der Waals surface area contributed by atoms with Gasteiger partial charge in [-0.2, -0.15) is 0 Å². The fourth-order valence-electron chi connectivity index (χ4n) is 16.2. The van der Waals surface area contributed by atoms with Crippen molar-refractivity contribution in [2.45, 2.75) is 241 Å². The van der Waals surface area contributed by atoms with Gasteiger partial charge in [-0.3, -0.25) is 4.79 Å². The van der Waals surface area contributed by atoms with Crippen LogP contribution >= 0.6 is 0 Å². The molecule has 1 spiro atoms. The lowest BCUT2D eigenvalue weighted by molar-refractivity contribution is -0.418. The van der Waals surface area contributed by atoms with Gasteiger partial charge in [-0.25, -0.2) is 0 Å². The molecule has 8 fully saturated rings. The van der Waals surface area contributed by atoms with Crippen molar-refractivity contribution in [3.05, 3.63) is 11.1 Å². The highest BCUT2D eigenvalue weighted by molar-refractivity contribution is 5.74. The number of hydrogen-bond acceptors (Lipinski definition) is 23. The highest BCUT2D eigenvalue weighted by atomic mass is 16.8. The van der Waals surface area contributed by atoms with Gasteiger partial charge in [0, 0.05) is 18.3 Å². The zero-order valence-electron chi connectivity index (χ0n) is 43.8. The maximum Gasteiger partial charge on any atom is 0.311 e. The second-order valence-electron chi connectivity index (χ2n) is 24.9. The summed E-state index contributed by atoms with van der Waals surface area (Å²) in [5, 5.41) is 131. The van der Waals surface area contributed by atoms with Gasteiger partial charge in [0.2, 0.25) is 5.79 Å². The summed E-state index contributed by atoms with van der Waals surface area (Å²) in [6.45, 7) is 13.0. The number of carbonyl (C=O) groups is 1. The summed E-state index contributed by atoms with van der Waals surface area (Å²) >= 11 is 0. The minimum absolute atomic E-state index is 0.0547. The average molecular weight is 1080 g/mol. The van der Waals surface area contributed by atoms with Crippen LogP contribution in [-0.4, -0.2) is 222 Å². The van der Waals surface area contributed by atoms with Crippen molar-refractivity contribution >= 4 is 5.97 Å². The van der Waals surface area contributed by atoms with E-state index in [0.29, 0.717) is 25.7 Å². The predicted molar refractivity (Wildman–Crippen MR) is 251 cm³/mol. The van der Waals surface area contributed by atoms with Gasteiger partial charge >= 0.3 is 5.97 Å². The smallest absolute Gasteiger partial charge is 0.311 e. The maximum atomic E-state index is 12.7. The van der Waals surface area contributed by atoms with Gasteiger partial charge in [0.05, 0.1) is 44.1 Å². The number of aliphatic hydroxyl groups is 12. The topological polar surface area (TPSA) is 352 Å². The van der Waals surface area contributed by atoms with Crippen molar-refractivity contribution in [1.82, 2.24) is 0 Å². The number of carbonyl (C=O) groups excluding carboxylic acids is 1. The van der Waals surface area contributed by atoms with E-state index in [1.807, 2.05) is 13.8 Å². The number of allylic oxidation sites excluding steroid dienone is 2. The summed E-state index contributed by atoms with van der Waals surface area (Å²) in [5.74, 6) is -0.808. The lowest BCUT2D eigenvalue weighted by atomic mass is 9.43. The van der Waals surface area contributed by atoms with Crippen molar-refractivity contribution in [2.75, 3.05) is 19.8 Å². The van der Waals surface area contributed by atoms with E-state index in [2.05, 4.69) is 27.7 Å². The Bertz CT molecular complexity index is 2120. The van der Waals surface area contributed by atoms with Crippen LogP contribution in [0, 0.1) is 45.3 Å². The van der Waals surface area contributed by atoms with Crippen LogP contribution in [0.25, 0.3) is 0 Å². The first-order chi connectivity index (χ1) is 35.3. The number of aliphatic hydroxyl groups excluding tert-OH is 12. The second kappa shape index (κ2) is 20.4. The molecular formula is C52H82O23. The van der Waals surface area contributed by atoms with Crippen molar-refractivity contribution in [3.8, 4) is 0 Å². The Kier molecular flexibility index (Phi) is 15.4. The quantitative estimate of drug-likeness (QED) is 0.0857. The van der Waals surface area contributed by atoms with Crippen LogP contribution in [-0.2, 0) is 52.2 Å². The van der Waals surface area contributed by atoms with E-state index in [-0.39, 0.29) is 58.6 Å². The van der Waals surface area contributed by atoms with Crippen molar-refractivity contribution in [3.63, 3.8) is 0 Å². The molecule has 12 N–H and O–H groups in total. The third-order valence-corrected chi connectivity index (χ3v) is 20.5. The SMILES string of the molecule is C[C@@H]1C[C@]2(C[C@@H](C)[C@H]3[C@@H](C[C@@]4(C)C5=C(CC[C@]34C)[C@@]3(C)CC[C@H](O[C@@H]4O[C@@H](O[C@@H]6OC[C@H](O)[C@H](O)[C@@H]6O[C@@H]6O[C@@H](CO)[C@@H](O)[C@H](O)[C@@H]6O[C@@H]6O[C@@H](C)[C@H](O)[C@H](O)[C@H]6O)[C@@H](O)[C@H](O)[C@@H]4O)[C@@](C)(CO)[C@@H]3CC5)O2)OC1=O. The van der Waals surface area contributed by atoms with Gasteiger partial charge in [0.15, 0.2) is 31.5 Å². The molecular weight excluding hydrogens is 993 g/mol. The molecule has 0 aromatic rings. The molecule has 0 radical (unpaired) electrons. The van der Waals surface area contributed by atoms with Gasteiger partial charge in [-0.05, 0) is 85.9 Å². The molecule has 428 valence electrons. The molecule has 0 aromatic heterocycles. The largest absolute Gasteiger partial charge is 0.433 e. The molecule has 6 heterocycles. The minimum atomic E-state index is -1.96. The molecule has 10 aliphatic rings. The standard InChI is InChI=1S/C52H82O23/c1-20-14-52(15-21(2)42(65)75-52)74-26-16-51(7)24-8-9-28-48(4,23(24)10-13-50(51,6)30(20)26)12-11-29(49(28,5)19-54)69-44-38(63)35(60)39(64)45(72-44)73-46-40(32(57)25(55)18-66-46)71-47-41(36(61)33(58)27(17-53)68-47)70-43-37(62)34(59)31(56)22(3)67-43/h20-22,25-41,43-47,53-64H,8-19H2,1-7H3/t20-,21-,22+,25+,26-,27+,28-,29+,30+,31+,32+,33-,34+,35-,36+,37-,38+,39+,40+,41+,43+,44-,45+,46+,47+,48-,49+,50-,51+,52+/m1/s1. The molecule has 0 unspecified atom stereocenters. The van der Waals surface area contributed by atoms with Gasteiger partial charge in [-0.1, -0.05) is 52.7 Å². The first-order valence-corrected chi connectivity index (χ1v) is 27.1.